The number of halogens is 1. The van der Waals surface area contributed by atoms with Crippen LogP contribution < -0.4 is 9.44 Å². The maximum absolute atomic E-state index is 13.1. The third kappa shape index (κ3) is 4.89. The number of nitrogens with two attached hydrogens (primary N) is 1. The average Bonchev–Trinajstić information content (AvgIpc) is 2.64. The number of fused-ring (bicyclic) bond motifs is 1. The zero-order valence-electron chi connectivity index (χ0n) is 15.3. The molecule has 28 heavy (non-hydrogen) atoms. The lowest BCUT2D eigenvalue weighted by molar-refractivity contribution is 0.585. The first kappa shape index (κ1) is 20.8. The number of benzene rings is 2. The molecule has 152 valence electrons. The van der Waals surface area contributed by atoms with Crippen LogP contribution in [0.25, 0.3) is 0 Å². The smallest absolute Gasteiger partial charge is 0.264 e. The lowest BCUT2D eigenvalue weighted by Gasteiger charge is -2.31. The molecule has 9 heteroatoms. The van der Waals surface area contributed by atoms with Crippen molar-refractivity contribution in [3.63, 3.8) is 0 Å². The summed E-state index contributed by atoms with van der Waals surface area (Å²) >= 11 is 0. The van der Waals surface area contributed by atoms with Crippen molar-refractivity contribution in [2.24, 2.45) is 5.14 Å². The lowest BCUT2D eigenvalue weighted by Crippen LogP contribution is -2.35. The molecule has 1 aliphatic rings. The van der Waals surface area contributed by atoms with Gasteiger partial charge in [-0.1, -0.05) is 12.1 Å². The highest BCUT2D eigenvalue weighted by Gasteiger charge is 2.29. The molecule has 0 atom stereocenters. The first-order valence-electron chi connectivity index (χ1n) is 9.07. The van der Waals surface area contributed by atoms with Gasteiger partial charge in [0.15, 0.2) is 0 Å². The van der Waals surface area contributed by atoms with E-state index in [1.165, 1.54) is 16.4 Å². The van der Waals surface area contributed by atoms with Gasteiger partial charge in [-0.2, -0.15) is 0 Å². The molecule has 0 radical (unpaired) electrons. The molecule has 3 rings (SSSR count). The number of primary sulfonamides is 1. The minimum absolute atomic E-state index is 0.0400. The Morgan fingerprint density at radius 1 is 1.00 bits per heavy atom. The second-order valence-electron chi connectivity index (χ2n) is 6.92. The minimum atomic E-state index is -3.76. The monoisotopic (exact) mass is 426 g/mol. The van der Waals surface area contributed by atoms with Crippen LogP contribution in [0.2, 0.25) is 0 Å². The maximum atomic E-state index is 13.1. The standard InChI is InChI=1S/C19H23FN2O4S2/c20-17-7-9-18(10-8-17)28(25,26)22-12-3-5-16-14-15(6-11-19(16)22)4-1-2-13-27(21,23)24/h6-11,14H,1-5,12-13H2,(H2,21,23,24). The van der Waals surface area contributed by atoms with Crippen LogP contribution in [0.4, 0.5) is 10.1 Å². The van der Waals surface area contributed by atoms with Gasteiger partial charge in [0, 0.05) is 6.54 Å². The Balaban J connectivity index is 1.78. The highest BCUT2D eigenvalue weighted by Crippen LogP contribution is 2.33. The Labute approximate surface area is 165 Å². The van der Waals surface area contributed by atoms with Gasteiger partial charge in [-0.15, -0.1) is 0 Å². The van der Waals surface area contributed by atoms with Gasteiger partial charge in [0.2, 0.25) is 10.0 Å². The summed E-state index contributed by atoms with van der Waals surface area (Å²) in [6.45, 7) is 0.375. The van der Waals surface area contributed by atoms with E-state index in [2.05, 4.69) is 0 Å². The average molecular weight is 427 g/mol. The quantitative estimate of drug-likeness (QED) is 0.688. The molecule has 0 unspecified atom stereocenters. The van der Waals surface area contributed by atoms with Crippen LogP contribution in [0.5, 0.6) is 0 Å². The maximum Gasteiger partial charge on any atom is 0.264 e. The Morgan fingerprint density at radius 3 is 2.39 bits per heavy atom. The molecule has 2 aromatic rings. The van der Waals surface area contributed by atoms with Crippen molar-refractivity contribution in [1.29, 1.82) is 0 Å². The van der Waals surface area contributed by atoms with Crippen LogP contribution in [-0.4, -0.2) is 29.1 Å². The van der Waals surface area contributed by atoms with E-state index in [1.807, 2.05) is 12.1 Å². The molecule has 1 heterocycles. The first-order valence-corrected chi connectivity index (χ1v) is 12.2. The number of anilines is 1. The van der Waals surface area contributed by atoms with Crippen molar-refractivity contribution in [2.75, 3.05) is 16.6 Å². The molecular weight excluding hydrogens is 403 g/mol. The van der Waals surface area contributed by atoms with Crippen LogP contribution in [0, 0.1) is 5.82 Å². The van der Waals surface area contributed by atoms with Gasteiger partial charge in [-0.3, -0.25) is 4.31 Å². The van der Waals surface area contributed by atoms with Crippen LogP contribution >= 0.6 is 0 Å². The van der Waals surface area contributed by atoms with Gasteiger partial charge in [0.25, 0.3) is 10.0 Å². The van der Waals surface area contributed by atoms with E-state index in [4.69, 9.17) is 5.14 Å². The fraction of sp³-hybridized carbons (Fsp3) is 0.368. The topological polar surface area (TPSA) is 97.5 Å². The summed E-state index contributed by atoms with van der Waals surface area (Å²) in [6.07, 6.45) is 3.35. The third-order valence-corrected chi connectivity index (χ3v) is 7.45. The Kier molecular flexibility index (Phi) is 6.07. The summed E-state index contributed by atoms with van der Waals surface area (Å²) in [7, 11) is -7.20. The van der Waals surface area contributed by atoms with Crippen molar-refractivity contribution in [3.05, 3.63) is 59.4 Å². The van der Waals surface area contributed by atoms with E-state index in [0.717, 1.165) is 29.7 Å². The molecule has 0 bridgehead atoms. The van der Waals surface area contributed by atoms with Crippen LogP contribution in [0.15, 0.2) is 47.4 Å². The number of nitrogens with zero attached hydrogens (tertiary/aromatic N) is 1. The van der Waals surface area contributed by atoms with E-state index >= 15 is 0 Å². The SMILES string of the molecule is NS(=O)(=O)CCCCc1ccc2c(c1)CCCN2S(=O)(=O)c1ccc(F)cc1. The normalized spacial score (nSPS) is 14.7. The van der Waals surface area contributed by atoms with E-state index in [1.54, 1.807) is 6.07 Å². The molecule has 0 saturated carbocycles. The second-order valence-corrected chi connectivity index (χ2v) is 10.5. The van der Waals surface area contributed by atoms with E-state index in [0.29, 0.717) is 37.9 Å². The highest BCUT2D eigenvalue weighted by atomic mass is 32.2. The third-order valence-electron chi connectivity index (χ3n) is 4.77. The summed E-state index contributed by atoms with van der Waals surface area (Å²) in [5, 5.41) is 5.01. The Bertz CT molecular complexity index is 1050. The molecule has 0 amide bonds. The molecular formula is C19H23FN2O4S2. The summed E-state index contributed by atoms with van der Waals surface area (Å²) in [5.41, 5.74) is 2.62. The Hall–Kier alpha value is -1.97. The number of rotatable bonds is 7. The number of sulfonamides is 2. The van der Waals surface area contributed by atoms with E-state index in [9.17, 15) is 21.2 Å². The summed E-state index contributed by atoms with van der Waals surface area (Å²) in [6, 6.07) is 10.5. The molecule has 0 aliphatic carbocycles. The molecule has 0 aromatic heterocycles. The minimum Gasteiger partial charge on any atom is -0.266 e. The second kappa shape index (κ2) is 8.18. The van der Waals surface area contributed by atoms with Crippen molar-refractivity contribution in [1.82, 2.24) is 0 Å². The van der Waals surface area contributed by atoms with Crippen molar-refractivity contribution >= 4 is 25.7 Å². The fourth-order valence-electron chi connectivity index (χ4n) is 3.39. The molecule has 1 aliphatic heterocycles. The highest BCUT2D eigenvalue weighted by molar-refractivity contribution is 7.92. The molecule has 6 nitrogen and oxygen atoms in total. The molecule has 2 N–H and O–H groups in total. The van der Waals surface area contributed by atoms with E-state index < -0.39 is 25.9 Å². The fourth-order valence-corrected chi connectivity index (χ4v) is 5.53. The summed E-state index contributed by atoms with van der Waals surface area (Å²) < 4.78 is 62.5. The lowest BCUT2D eigenvalue weighted by atomic mass is 9.98. The van der Waals surface area contributed by atoms with Crippen LogP contribution in [-0.2, 0) is 32.9 Å². The van der Waals surface area contributed by atoms with Gasteiger partial charge in [0.1, 0.15) is 5.82 Å². The number of hydrogen-bond acceptors (Lipinski definition) is 4. The number of hydrogen-bond donors (Lipinski definition) is 1. The largest absolute Gasteiger partial charge is 0.266 e. The van der Waals surface area contributed by atoms with Gasteiger partial charge in [-0.25, -0.2) is 26.4 Å². The molecule has 0 fully saturated rings. The van der Waals surface area contributed by atoms with Crippen molar-refractivity contribution in [3.8, 4) is 0 Å². The molecule has 2 aromatic carbocycles. The van der Waals surface area contributed by atoms with Gasteiger partial charge >= 0.3 is 0 Å². The van der Waals surface area contributed by atoms with Crippen molar-refractivity contribution < 1.29 is 21.2 Å². The zero-order valence-corrected chi connectivity index (χ0v) is 17.0. The van der Waals surface area contributed by atoms with Gasteiger partial charge < -0.3 is 0 Å². The van der Waals surface area contributed by atoms with Crippen molar-refractivity contribution in [2.45, 2.75) is 37.0 Å². The molecule has 0 saturated heterocycles. The van der Waals surface area contributed by atoms with Crippen LogP contribution in [0.1, 0.15) is 30.4 Å². The summed E-state index contributed by atoms with van der Waals surface area (Å²) in [4.78, 5) is 0.0637. The van der Waals surface area contributed by atoms with Crippen LogP contribution in [0.3, 0.4) is 0 Å². The van der Waals surface area contributed by atoms with Gasteiger partial charge in [-0.05, 0) is 73.6 Å². The number of aryl methyl sites for hydroxylation is 2. The van der Waals surface area contributed by atoms with Gasteiger partial charge in [0.05, 0.1) is 16.3 Å². The number of unbranched alkanes of at least 4 members (excludes halogenated alkanes) is 1. The molecule has 0 spiro atoms. The predicted molar refractivity (Wildman–Crippen MR) is 107 cm³/mol. The predicted octanol–water partition coefficient (Wildman–Crippen LogP) is 2.58. The summed E-state index contributed by atoms with van der Waals surface area (Å²) in [5.74, 6) is -0.521. The first-order chi connectivity index (χ1) is 13.2. The van der Waals surface area contributed by atoms with E-state index in [-0.39, 0.29) is 10.6 Å². The Morgan fingerprint density at radius 2 is 1.71 bits per heavy atom. The zero-order chi connectivity index (χ0) is 20.4.